The third kappa shape index (κ3) is 5.64. The van der Waals surface area contributed by atoms with Crippen LogP contribution in [0.4, 0.5) is 4.39 Å². The van der Waals surface area contributed by atoms with Crippen LogP contribution < -0.4 is 5.32 Å². The minimum atomic E-state index is -0.342. The molecule has 1 fully saturated rings. The van der Waals surface area contributed by atoms with E-state index >= 15 is 0 Å². The number of likely N-dealkylation sites (tertiary alicyclic amines) is 1. The molecule has 29 heavy (non-hydrogen) atoms. The molecule has 1 N–H and O–H groups in total. The number of hydrogen-bond acceptors (Lipinski definition) is 3. The van der Waals surface area contributed by atoms with E-state index in [1.54, 1.807) is 7.11 Å². The molecular formula is C24H31FN2O2. The molecule has 0 unspecified atom stereocenters. The number of nitrogens with zero attached hydrogens (tertiary/aromatic N) is 1. The smallest absolute Gasteiger partial charge is 0.251 e. The van der Waals surface area contributed by atoms with Crippen molar-refractivity contribution in [1.82, 2.24) is 10.2 Å². The molecule has 1 aliphatic heterocycles. The van der Waals surface area contributed by atoms with Crippen LogP contribution in [0.2, 0.25) is 0 Å². The summed E-state index contributed by atoms with van der Waals surface area (Å²) in [5.41, 5.74) is 2.77. The number of carbonyl (C=O) groups is 1. The molecule has 3 rings (SSSR count). The first-order chi connectivity index (χ1) is 13.9. The van der Waals surface area contributed by atoms with Crippen molar-refractivity contribution >= 4 is 5.91 Å². The van der Waals surface area contributed by atoms with E-state index in [4.69, 9.17) is 4.74 Å². The lowest BCUT2D eigenvalue weighted by molar-refractivity contribution is 0.0864. The van der Waals surface area contributed by atoms with E-state index in [0.29, 0.717) is 18.1 Å². The van der Waals surface area contributed by atoms with Crippen LogP contribution in [0.15, 0.2) is 48.5 Å². The van der Waals surface area contributed by atoms with Gasteiger partial charge in [0.05, 0.1) is 5.54 Å². The fourth-order valence-electron chi connectivity index (χ4n) is 3.94. The Hall–Kier alpha value is -2.24. The number of halogens is 1. The van der Waals surface area contributed by atoms with Crippen LogP contribution in [0.5, 0.6) is 0 Å². The molecule has 0 radical (unpaired) electrons. The number of carbonyl (C=O) groups excluding carboxylic acids is 1. The van der Waals surface area contributed by atoms with Gasteiger partial charge in [0.2, 0.25) is 0 Å². The fourth-order valence-corrected chi connectivity index (χ4v) is 3.94. The molecule has 0 bridgehead atoms. The summed E-state index contributed by atoms with van der Waals surface area (Å²) >= 11 is 0. The van der Waals surface area contributed by atoms with E-state index in [9.17, 15) is 9.18 Å². The van der Waals surface area contributed by atoms with Gasteiger partial charge in [0, 0.05) is 38.9 Å². The third-order valence-corrected chi connectivity index (χ3v) is 5.76. The molecule has 2 aromatic carbocycles. The number of methoxy groups -OCH3 is 1. The Bertz CT molecular complexity index is 805. The average Bonchev–Trinajstić information content (AvgIpc) is 3.10. The van der Waals surface area contributed by atoms with Crippen LogP contribution in [-0.4, -0.2) is 43.2 Å². The van der Waals surface area contributed by atoms with Crippen molar-refractivity contribution in [2.24, 2.45) is 0 Å². The maximum Gasteiger partial charge on any atom is 0.251 e. The maximum atomic E-state index is 13.2. The summed E-state index contributed by atoms with van der Waals surface area (Å²) in [5, 5.41) is 3.22. The van der Waals surface area contributed by atoms with Gasteiger partial charge in [-0.3, -0.25) is 9.69 Å². The lowest BCUT2D eigenvalue weighted by atomic mass is 9.93. The quantitative estimate of drug-likeness (QED) is 0.718. The largest absolute Gasteiger partial charge is 0.385 e. The van der Waals surface area contributed by atoms with Gasteiger partial charge >= 0.3 is 0 Å². The van der Waals surface area contributed by atoms with Gasteiger partial charge in [-0.15, -0.1) is 0 Å². The number of hydrogen-bond donors (Lipinski definition) is 1. The number of ether oxygens (including phenoxy) is 1. The standard InChI is InChI=1S/C24H31FN2O2/c1-18(2)20-6-4-19(5-7-20)16-27-14-12-24(17-27,13-15-29-3)26-23(28)21-8-10-22(25)11-9-21/h4-11,18H,12-17H2,1-3H3,(H,26,28)/t24-/m1/s1. The summed E-state index contributed by atoms with van der Waals surface area (Å²) < 4.78 is 18.5. The number of benzene rings is 2. The Labute approximate surface area is 173 Å². The SMILES string of the molecule is COCC[C@]1(NC(=O)c2ccc(F)cc2)CCN(Cc2ccc(C(C)C)cc2)C1. The van der Waals surface area contributed by atoms with Crippen molar-refractivity contribution in [3.05, 3.63) is 71.0 Å². The van der Waals surface area contributed by atoms with Crippen molar-refractivity contribution in [2.45, 2.75) is 44.7 Å². The topological polar surface area (TPSA) is 41.6 Å². The Morgan fingerprint density at radius 2 is 1.86 bits per heavy atom. The number of rotatable bonds is 8. The van der Waals surface area contributed by atoms with Crippen molar-refractivity contribution < 1.29 is 13.9 Å². The van der Waals surface area contributed by atoms with Gasteiger partial charge in [0.1, 0.15) is 5.82 Å². The van der Waals surface area contributed by atoms with E-state index in [1.165, 1.54) is 35.4 Å². The first-order valence-electron chi connectivity index (χ1n) is 10.3. The Morgan fingerprint density at radius 1 is 1.17 bits per heavy atom. The van der Waals surface area contributed by atoms with Crippen LogP contribution in [0.25, 0.3) is 0 Å². The van der Waals surface area contributed by atoms with Gasteiger partial charge in [-0.25, -0.2) is 4.39 Å². The summed E-state index contributed by atoms with van der Waals surface area (Å²) in [4.78, 5) is 15.1. The van der Waals surface area contributed by atoms with Crippen molar-refractivity contribution in [1.29, 1.82) is 0 Å². The highest BCUT2D eigenvalue weighted by Crippen LogP contribution is 2.27. The molecule has 156 valence electrons. The zero-order valence-corrected chi connectivity index (χ0v) is 17.6. The number of amides is 1. The van der Waals surface area contributed by atoms with Crippen LogP contribution in [0, 0.1) is 5.82 Å². The zero-order valence-electron chi connectivity index (χ0n) is 17.6. The molecule has 0 saturated carbocycles. The molecule has 0 aliphatic carbocycles. The van der Waals surface area contributed by atoms with Crippen LogP contribution in [0.3, 0.4) is 0 Å². The van der Waals surface area contributed by atoms with Crippen molar-refractivity contribution in [3.63, 3.8) is 0 Å². The summed E-state index contributed by atoms with van der Waals surface area (Å²) in [6, 6.07) is 14.5. The second-order valence-electron chi connectivity index (χ2n) is 8.34. The van der Waals surface area contributed by atoms with Gasteiger partial charge in [-0.1, -0.05) is 38.1 Å². The summed E-state index contributed by atoms with van der Waals surface area (Å²) in [6.07, 6.45) is 1.62. The lowest BCUT2D eigenvalue weighted by Gasteiger charge is -2.31. The predicted octanol–water partition coefficient (Wildman–Crippen LogP) is 4.36. The minimum absolute atomic E-state index is 0.163. The Kier molecular flexibility index (Phi) is 7.04. The first-order valence-corrected chi connectivity index (χ1v) is 10.3. The fraction of sp³-hybridized carbons (Fsp3) is 0.458. The second-order valence-corrected chi connectivity index (χ2v) is 8.34. The van der Waals surface area contributed by atoms with Gasteiger partial charge in [0.25, 0.3) is 5.91 Å². The van der Waals surface area contributed by atoms with E-state index in [1.807, 2.05) is 0 Å². The molecule has 0 aromatic heterocycles. The normalized spacial score (nSPS) is 19.6. The van der Waals surface area contributed by atoms with E-state index in [0.717, 1.165) is 32.5 Å². The van der Waals surface area contributed by atoms with Gasteiger partial charge < -0.3 is 10.1 Å². The van der Waals surface area contributed by atoms with E-state index < -0.39 is 0 Å². The van der Waals surface area contributed by atoms with E-state index in [2.05, 4.69) is 48.3 Å². The summed E-state index contributed by atoms with van der Waals surface area (Å²) in [5.74, 6) is 0.0228. The second kappa shape index (κ2) is 9.51. The van der Waals surface area contributed by atoms with Gasteiger partial charge in [-0.05, 0) is 54.2 Å². The maximum absolute atomic E-state index is 13.2. The molecule has 0 spiro atoms. The highest BCUT2D eigenvalue weighted by Gasteiger charge is 2.39. The Balaban J connectivity index is 1.67. The van der Waals surface area contributed by atoms with Gasteiger partial charge in [-0.2, -0.15) is 0 Å². The van der Waals surface area contributed by atoms with Crippen LogP contribution in [-0.2, 0) is 11.3 Å². The molecule has 1 atom stereocenters. The molecule has 4 nitrogen and oxygen atoms in total. The van der Waals surface area contributed by atoms with E-state index in [-0.39, 0.29) is 17.3 Å². The zero-order chi connectivity index (χ0) is 20.9. The molecule has 1 aliphatic rings. The van der Waals surface area contributed by atoms with Crippen LogP contribution >= 0.6 is 0 Å². The minimum Gasteiger partial charge on any atom is -0.385 e. The van der Waals surface area contributed by atoms with Crippen molar-refractivity contribution in [2.75, 3.05) is 26.8 Å². The molecule has 1 saturated heterocycles. The molecule has 1 amide bonds. The highest BCUT2D eigenvalue weighted by atomic mass is 19.1. The Morgan fingerprint density at radius 3 is 2.48 bits per heavy atom. The molecular weight excluding hydrogens is 367 g/mol. The molecule has 2 aromatic rings. The summed E-state index contributed by atoms with van der Waals surface area (Å²) in [7, 11) is 1.68. The first kappa shape index (κ1) is 21.5. The monoisotopic (exact) mass is 398 g/mol. The summed E-state index contributed by atoms with van der Waals surface area (Å²) in [6.45, 7) is 7.53. The van der Waals surface area contributed by atoms with Crippen LogP contribution in [0.1, 0.15) is 54.1 Å². The predicted molar refractivity (Wildman–Crippen MR) is 114 cm³/mol. The molecule has 1 heterocycles. The average molecular weight is 399 g/mol. The van der Waals surface area contributed by atoms with Crippen molar-refractivity contribution in [3.8, 4) is 0 Å². The highest BCUT2D eigenvalue weighted by molar-refractivity contribution is 5.94. The number of nitrogens with one attached hydrogen (secondary N) is 1. The molecule has 5 heteroatoms. The third-order valence-electron chi connectivity index (χ3n) is 5.76. The lowest BCUT2D eigenvalue weighted by Crippen LogP contribution is -2.51. The van der Waals surface area contributed by atoms with Gasteiger partial charge in [0.15, 0.2) is 0 Å².